The van der Waals surface area contributed by atoms with Crippen LogP contribution in [0.2, 0.25) is 0 Å². The first-order valence-corrected chi connectivity index (χ1v) is 7.42. The van der Waals surface area contributed by atoms with Crippen LogP contribution in [0.5, 0.6) is 0 Å². The van der Waals surface area contributed by atoms with E-state index in [0.29, 0.717) is 18.8 Å². The van der Waals surface area contributed by atoms with Crippen LogP contribution >= 0.6 is 0 Å². The maximum absolute atomic E-state index is 12.6. The van der Waals surface area contributed by atoms with Gasteiger partial charge in [-0.1, -0.05) is 6.42 Å². The molecule has 0 aromatic heterocycles. The normalized spacial score (nSPS) is 34.4. The minimum Gasteiger partial charge on any atom is -0.395 e. The van der Waals surface area contributed by atoms with Crippen molar-refractivity contribution < 1.29 is 18.3 Å². The fraction of sp³-hybridized carbons (Fsp3) is 1.00. The van der Waals surface area contributed by atoms with Gasteiger partial charge in [0.2, 0.25) is 0 Å². The number of hydrogen-bond acceptors (Lipinski definition) is 2. The maximum Gasteiger partial charge on any atom is 0.391 e. The third kappa shape index (κ3) is 4.09. The molecule has 19 heavy (non-hydrogen) atoms. The summed E-state index contributed by atoms with van der Waals surface area (Å²) in [6.45, 7) is 2.04. The number of alkyl halides is 3. The molecule has 0 radical (unpaired) electrons. The van der Waals surface area contributed by atoms with Gasteiger partial charge in [-0.3, -0.25) is 4.90 Å². The van der Waals surface area contributed by atoms with Gasteiger partial charge in [0.05, 0.1) is 12.5 Å². The number of aliphatic hydroxyl groups is 1. The molecule has 5 heteroatoms. The van der Waals surface area contributed by atoms with Gasteiger partial charge in [0, 0.05) is 12.6 Å². The Bertz CT molecular complexity index is 274. The van der Waals surface area contributed by atoms with E-state index in [0.717, 1.165) is 32.4 Å². The van der Waals surface area contributed by atoms with Gasteiger partial charge in [-0.05, 0) is 51.0 Å². The molecule has 0 aromatic carbocycles. The molecule has 1 saturated carbocycles. The summed E-state index contributed by atoms with van der Waals surface area (Å²) < 4.78 is 37.8. The van der Waals surface area contributed by atoms with E-state index >= 15 is 0 Å². The van der Waals surface area contributed by atoms with Gasteiger partial charge >= 0.3 is 6.18 Å². The highest BCUT2D eigenvalue weighted by Crippen LogP contribution is 2.40. The smallest absolute Gasteiger partial charge is 0.391 e. The lowest BCUT2D eigenvalue weighted by Gasteiger charge is -2.39. The first-order chi connectivity index (χ1) is 9.00. The van der Waals surface area contributed by atoms with E-state index in [1.807, 2.05) is 0 Å². The molecule has 0 unspecified atom stereocenters. The molecule has 1 atom stereocenters. The van der Waals surface area contributed by atoms with Crippen LogP contribution in [-0.4, -0.2) is 41.9 Å². The molecule has 2 aliphatic rings. The second-order valence-corrected chi connectivity index (χ2v) is 6.09. The van der Waals surface area contributed by atoms with E-state index in [4.69, 9.17) is 0 Å². The van der Waals surface area contributed by atoms with Gasteiger partial charge in [0.15, 0.2) is 0 Å². The van der Waals surface area contributed by atoms with Crippen LogP contribution < -0.4 is 0 Å². The summed E-state index contributed by atoms with van der Waals surface area (Å²) in [5.41, 5.74) is 0. The molecule has 0 amide bonds. The quantitative estimate of drug-likeness (QED) is 0.857. The summed E-state index contributed by atoms with van der Waals surface area (Å²) in [5, 5.41) is 9.35. The molecule has 0 spiro atoms. The average Bonchev–Trinajstić information content (AvgIpc) is 2.39. The number of aliphatic hydroxyl groups excluding tert-OH is 1. The van der Waals surface area contributed by atoms with Crippen LogP contribution in [0, 0.1) is 11.8 Å². The highest BCUT2D eigenvalue weighted by atomic mass is 19.4. The first kappa shape index (κ1) is 15.1. The summed E-state index contributed by atoms with van der Waals surface area (Å²) in [5.74, 6) is -0.704. The molecule has 0 aromatic rings. The van der Waals surface area contributed by atoms with Crippen molar-refractivity contribution in [3.8, 4) is 0 Å². The number of hydrogen-bond donors (Lipinski definition) is 1. The topological polar surface area (TPSA) is 23.5 Å². The molecule has 1 N–H and O–H groups in total. The Kier molecular flexibility index (Phi) is 5.12. The molecule has 1 heterocycles. The second-order valence-electron chi connectivity index (χ2n) is 6.09. The van der Waals surface area contributed by atoms with Crippen molar-refractivity contribution in [3.05, 3.63) is 0 Å². The van der Waals surface area contributed by atoms with Gasteiger partial charge < -0.3 is 5.11 Å². The molecule has 2 rings (SSSR count). The Morgan fingerprint density at radius 1 is 1.00 bits per heavy atom. The Balaban J connectivity index is 1.78. The Morgan fingerprint density at radius 3 is 2.26 bits per heavy atom. The van der Waals surface area contributed by atoms with Crippen molar-refractivity contribution in [2.75, 3.05) is 19.7 Å². The number of piperidine rings is 1. The molecule has 1 aliphatic heterocycles. The number of nitrogens with zero attached hydrogens (tertiary/aromatic N) is 1. The third-order valence-electron chi connectivity index (χ3n) is 4.76. The van der Waals surface area contributed by atoms with Crippen molar-refractivity contribution in [3.63, 3.8) is 0 Å². The molecule has 2 nitrogen and oxygen atoms in total. The number of rotatable bonds is 3. The van der Waals surface area contributed by atoms with E-state index in [9.17, 15) is 18.3 Å². The molecule has 112 valence electrons. The Morgan fingerprint density at radius 2 is 1.68 bits per heavy atom. The van der Waals surface area contributed by atoms with Gasteiger partial charge in [0.1, 0.15) is 0 Å². The monoisotopic (exact) mass is 279 g/mol. The van der Waals surface area contributed by atoms with E-state index in [1.165, 1.54) is 0 Å². The highest BCUT2D eigenvalue weighted by Gasteiger charge is 2.41. The second kappa shape index (κ2) is 6.44. The highest BCUT2D eigenvalue weighted by molar-refractivity contribution is 4.82. The fourth-order valence-electron chi connectivity index (χ4n) is 3.51. The van der Waals surface area contributed by atoms with Crippen molar-refractivity contribution >= 4 is 0 Å². The predicted molar refractivity (Wildman–Crippen MR) is 67.8 cm³/mol. The van der Waals surface area contributed by atoms with Gasteiger partial charge in [-0.2, -0.15) is 13.2 Å². The third-order valence-corrected chi connectivity index (χ3v) is 4.76. The van der Waals surface area contributed by atoms with Crippen molar-refractivity contribution in [2.45, 2.75) is 57.2 Å². The largest absolute Gasteiger partial charge is 0.395 e. The SMILES string of the molecule is OC[C@@H]1CCCCN1C[C@H]1CC[C@H](C(F)(F)F)CC1. The lowest BCUT2D eigenvalue weighted by molar-refractivity contribution is -0.184. The summed E-state index contributed by atoms with van der Waals surface area (Å²) in [7, 11) is 0. The lowest BCUT2D eigenvalue weighted by atomic mass is 9.81. The van der Waals surface area contributed by atoms with Crippen LogP contribution in [0.25, 0.3) is 0 Å². The maximum atomic E-state index is 12.6. The van der Waals surface area contributed by atoms with Gasteiger partial charge in [-0.25, -0.2) is 0 Å². The minimum atomic E-state index is -4.01. The summed E-state index contributed by atoms with van der Waals surface area (Å²) in [6.07, 6.45) is 1.24. The lowest BCUT2D eigenvalue weighted by Crippen LogP contribution is -2.45. The molecule has 0 bridgehead atoms. The first-order valence-electron chi connectivity index (χ1n) is 7.42. The van der Waals surface area contributed by atoms with Gasteiger partial charge in [0.25, 0.3) is 0 Å². The van der Waals surface area contributed by atoms with Crippen LogP contribution in [0.4, 0.5) is 13.2 Å². The standard InChI is InChI=1S/C14H24F3NO/c15-14(16,17)12-6-4-11(5-7-12)9-18-8-2-1-3-13(18)10-19/h11-13,19H,1-10H2/t11-,12-,13-/m0/s1. The van der Waals surface area contributed by atoms with Crippen LogP contribution in [0.15, 0.2) is 0 Å². The van der Waals surface area contributed by atoms with Crippen molar-refractivity contribution in [1.29, 1.82) is 0 Å². The number of likely N-dealkylation sites (tertiary alicyclic amines) is 1. The van der Waals surface area contributed by atoms with Crippen molar-refractivity contribution in [2.24, 2.45) is 11.8 Å². The van der Waals surface area contributed by atoms with Gasteiger partial charge in [-0.15, -0.1) is 0 Å². The molecule has 1 aliphatic carbocycles. The molecular formula is C14H24F3NO. The number of halogens is 3. The summed E-state index contributed by atoms with van der Waals surface area (Å²) >= 11 is 0. The van der Waals surface area contributed by atoms with Crippen molar-refractivity contribution in [1.82, 2.24) is 4.90 Å². The molecular weight excluding hydrogens is 255 g/mol. The van der Waals surface area contributed by atoms with E-state index in [1.54, 1.807) is 0 Å². The molecule has 1 saturated heterocycles. The summed E-state index contributed by atoms with van der Waals surface area (Å²) in [6, 6.07) is 0.231. The Hall–Kier alpha value is -0.290. The average molecular weight is 279 g/mol. The Labute approximate surface area is 113 Å². The van der Waals surface area contributed by atoms with E-state index in [-0.39, 0.29) is 25.5 Å². The zero-order valence-corrected chi connectivity index (χ0v) is 11.3. The van der Waals surface area contributed by atoms with Crippen LogP contribution in [0.1, 0.15) is 44.9 Å². The zero-order valence-electron chi connectivity index (χ0n) is 11.3. The van der Waals surface area contributed by atoms with Crippen LogP contribution in [-0.2, 0) is 0 Å². The minimum absolute atomic E-state index is 0.178. The van der Waals surface area contributed by atoms with E-state index in [2.05, 4.69) is 4.90 Å². The fourth-order valence-corrected chi connectivity index (χ4v) is 3.51. The van der Waals surface area contributed by atoms with Crippen LogP contribution in [0.3, 0.4) is 0 Å². The zero-order chi connectivity index (χ0) is 13.9. The predicted octanol–water partition coefficient (Wildman–Crippen LogP) is 3.20. The summed E-state index contributed by atoms with van der Waals surface area (Å²) in [4.78, 5) is 2.29. The van der Waals surface area contributed by atoms with E-state index < -0.39 is 12.1 Å². The molecule has 2 fully saturated rings.